The molecule has 1 N–H and O–H groups in total. The molecule has 4 heteroatoms. The third-order valence-electron chi connectivity index (χ3n) is 4.69. The van der Waals surface area contributed by atoms with Crippen LogP contribution in [-0.2, 0) is 0 Å². The van der Waals surface area contributed by atoms with E-state index in [9.17, 15) is 9.50 Å². The highest BCUT2D eigenvalue weighted by molar-refractivity contribution is 9.10. The van der Waals surface area contributed by atoms with Crippen molar-refractivity contribution in [3.05, 3.63) is 28.5 Å². The predicted octanol–water partition coefficient (Wildman–Crippen LogP) is 4.05. The fraction of sp³-hybridized carbons (Fsp3) is 0.600. The summed E-state index contributed by atoms with van der Waals surface area (Å²) in [5, 5.41) is 10.1. The Labute approximate surface area is 121 Å². The summed E-state index contributed by atoms with van der Waals surface area (Å²) < 4.78 is 20.4. The van der Waals surface area contributed by atoms with Gasteiger partial charge in [0.2, 0.25) is 0 Å². The van der Waals surface area contributed by atoms with E-state index >= 15 is 0 Å². The molecule has 0 aromatic heterocycles. The third kappa shape index (κ3) is 2.29. The van der Waals surface area contributed by atoms with E-state index in [0.717, 1.165) is 25.7 Å². The standard InChI is InChI=1S/C15H18BrFO2/c16-10-4-5-12(11(17)8-10)19-14-9-13(18)15(14)6-2-1-3-7-15/h4-5,8,13-14,18H,1-3,6-7,9H2. The minimum absolute atomic E-state index is 0.0431. The van der Waals surface area contributed by atoms with Gasteiger partial charge in [0.15, 0.2) is 11.6 Å². The molecule has 2 unspecified atom stereocenters. The van der Waals surface area contributed by atoms with Gasteiger partial charge < -0.3 is 9.84 Å². The fourth-order valence-corrected chi connectivity index (χ4v) is 3.81. The second kappa shape index (κ2) is 5.06. The van der Waals surface area contributed by atoms with Crippen molar-refractivity contribution in [1.82, 2.24) is 0 Å². The number of ether oxygens (including phenoxy) is 1. The summed E-state index contributed by atoms with van der Waals surface area (Å²) in [7, 11) is 0. The molecule has 2 saturated carbocycles. The Hall–Kier alpha value is -0.610. The number of aliphatic hydroxyl groups is 1. The summed E-state index contributed by atoms with van der Waals surface area (Å²) in [6.07, 6.45) is 5.80. The summed E-state index contributed by atoms with van der Waals surface area (Å²) in [6, 6.07) is 4.85. The second-order valence-corrected chi connectivity index (χ2v) is 6.64. The molecule has 2 aliphatic carbocycles. The minimum atomic E-state index is -0.346. The van der Waals surface area contributed by atoms with Crippen LogP contribution in [0, 0.1) is 11.2 Å². The lowest BCUT2D eigenvalue weighted by Crippen LogP contribution is -2.60. The highest BCUT2D eigenvalue weighted by atomic mass is 79.9. The number of benzene rings is 1. The quantitative estimate of drug-likeness (QED) is 0.887. The summed E-state index contributed by atoms with van der Waals surface area (Å²) in [6.45, 7) is 0. The molecule has 2 atom stereocenters. The van der Waals surface area contributed by atoms with Crippen LogP contribution in [-0.4, -0.2) is 17.3 Å². The SMILES string of the molecule is OC1CC(Oc2ccc(Br)cc2F)C12CCCCC2. The lowest BCUT2D eigenvalue weighted by molar-refractivity contribution is -0.172. The van der Waals surface area contributed by atoms with E-state index in [-0.39, 0.29) is 23.4 Å². The second-order valence-electron chi connectivity index (χ2n) is 5.73. The van der Waals surface area contributed by atoms with Gasteiger partial charge in [-0.1, -0.05) is 35.2 Å². The third-order valence-corrected chi connectivity index (χ3v) is 5.18. The maximum Gasteiger partial charge on any atom is 0.166 e. The van der Waals surface area contributed by atoms with E-state index in [1.165, 1.54) is 12.5 Å². The average Bonchev–Trinajstić information content (AvgIpc) is 2.42. The van der Waals surface area contributed by atoms with Crippen molar-refractivity contribution in [2.24, 2.45) is 5.41 Å². The van der Waals surface area contributed by atoms with E-state index in [0.29, 0.717) is 16.6 Å². The molecule has 2 aliphatic rings. The minimum Gasteiger partial charge on any atom is -0.487 e. The summed E-state index contributed by atoms with van der Waals surface area (Å²) in [5.41, 5.74) is -0.127. The molecule has 1 spiro atoms. The molecular weight excluding hydrogens is 311 g/mol. The molecule has 1 aromatic carbocycles. The van der Waals surface area contributed by atoms with Crippen molar-refractivity contribution in [3.63, 3.8) is 0 Å². The highest BCUT2D eigenvalue weighted by Gasteiger charge is 2.56. The van der Waals surface area contributed by atoms with Gasteiger partial charge in [0.05, 0.1) is 6.10 Å². The van der Waals surface area contributed by atoms with Gasteiger partial charge >= 0.3 is 0 Å². The van der Waals surface area contributed by atoms with Gasteiger partial charge in [0.25, 0.3) is 0 Å². The molecule has 19 heavy (non-hydrogen) atoms. The van der Waals surface area contributed by atoms with Gasteiger partial charge in [-0.15, -0.1) is 0 Å². The van der Waals surface area contributed by atoms with E-state index in [1.807, 2.05) is 0 Å². The Kier molecular flexibility index (Phi) is 3.56. The molecule has 0 aliphatic heterocycles. The lowest BCUT2D eigenvalue weighted by atomic mass is 9.56. The first-order chi connectivity index (χ1) is 9.12. The Bertz CT molecular complexity index is 471. The zero-order chi connectivity index (χ0) is 13.5. The molecular formula is C15H18BrFO2. The van der Waals surface area contributed by atoms with Gasteiger partial charge in [-0.05, 0) is 31.0 Å². The molecule has 0 bridgehead atoms. The number of rotatable bonds is 2. The van der Waals surface area contributed by atoms with Crippen LogP contribution in [0.3, 0.4) is 0 Å². The first-order valence-electron chi connectivity index (χ1n) is 6.91. The van der Waals surface area contributed by atoms with Gasteiger partial charge in [-0.25, -0.2) is 4.39 Å². The molecule has 0 amide bonds. The van der Waals surface area contributed by atoms with Gasteiger partial charge in [-0.2, -0.15) is 0 Å². The number of hydrogen-bond donors (Lipinski definition) is 1. The highest BCUT2D eigenvalue weighted by Crippen LogP contribution is 2.53. The van der Waals surface area contributed by atoms with Crippen LogP contribution in [0.25, 0.3) is 0 Å². The number of aliphatic hydroxyl groups excluding tert-OH is 1. The topological polar surface area (TPSA) is 29.5 Å². The van der Waals surface area contributed by atoms with Crippen molar-refractivity contribution >= 4 is 15.9 Å². The Morgan fingerprint density at radius 1 is 1.26 bits per heavy atom. The molecule has 0 saturated heterocycles. The van der Waals surface area contributed by atoms with Crippen LogP contribution in [0.5, 0.6) is 5.75 Å². The molecule has 3 rings (SSSR count). The van der Waals surface area contributed by atoms with E-state index in [4.69, 9.17) is 4.74 Å². The van der Waals surface area contributed by atoms with Crippen molar-refractivity contribution < 1.29 is 14.2 Å². The Balaban J connectivity index is 1.76. The zero-order valence-corrected chi connectivity index (χ0v) is 12.3. The maximum atomic E-state index is 13.8. The van der Waals surface area contributed by atoms with Crippen LogP contribution in [0.2, 0.25) is 0 Å². The largest absolute Gasteiger partial charge is 0.487 e. The van der Waals surface area contributed by atoms with Gasteiger partial charge in [0, 0.05) is 16.3 Å². The van der Waals surface area contributed by atoms with Crippen LogP contribution in [0.4, 0.5) is 4.39 Å². The number of halogens is 2. The molecule has 0 radical (unpaired) electrons. The van der Waals surface area contributed by atoms with Crippen LogP contribution < -0.4 is 4.74 Å². The fourth-order valence-electron chi connectivity index (χ4n) is 3.48. The Morgan fingerprint density at radius 3 is 2.63 bits per heavy atom. The van der Waals surface area contributed by atoms with Crippen molar-refractivity contribution in [1.29, 1.82) is 0 Å². The Morgan fingerprint density at radius 2 is 2.00 bits per heavy atom. The van der Waals surface area contributed by atoms with Crippen molar-refractivity contribution in [2.75, 3.05) is 0 Å². The normalized spacial score (nSPS) is 29.0. The van der Waals surface area contributed by atoms with Crippen molar-refractivity contribution in [3.8, 4) is 5.75 Å². The monoisotopic (exact) mass is 328 g/mol. The smallest absolute Gasteiger partial charge is 0.166 e. The molecule has 1 aromatic rings. The summed E-state index contributed by atoms with van der Waals surface area (Å²) in [4.78, 5) is 0. The van der Waals surface area contributed by atoms with Gasteiger partial charge in [0.1, 0.15) is 6.10 Å². The first-order valence-corrected chi connectivity index (χ1v) is 7.71. The number of hydrogen-bond acceptors (Lipinski definition) is 2. The van der Waals surface area contributed by atoms with E-state index < -0.39 is 0 Å². The van der Waals surface area contributed by atoms with E-state index in [2.05, 4.69) is 15.9 Å². The summed E-state index contributed by atoms with van der Waals surface area (Å²) >= 11 is 3.24. The van der Waals surface area contributed by atoms with Crippen LogP contribution >= 0.6 is 15.9 Å². The van der Waals surface area contributed by atoms with Crippen LogP contribution in [0.15, 0.2) is 22.7 Å². The predicted molar refractivity (Wildman–Crippen MR) is 74.7 cm³/mol. The van der Waals surface area contributed by atoms with E-state index in [1.54, 1.807) is 12.1 Å². The average molecular weight is 329 g/mol. The molecule has 104 valence electrons. The van der Waals surface area contributed by atoms with Gasteiger partial charge in [-0.3, -0.25) is 0 Å². The first kappa shape index (κ1) is 13.4. The lowest BCUT2D eigenvalue weighted by Gasteiger charge is -2.55. The molecule has 2 nitrogen and oxygen atoms in total. The summed E-state index contributed by atoms with van der Waals surface area (Å²) in [5.74, 6) is -0.0493. The molecule has 0 heterocycles. The van der Waals surface area contributed by atoms with Crippen molar-refractivity contribution in [2.45, 2.75) is 50.7 Å². The maximum absolute atomic E-state index is 13.8. The molecule has 2 fully saturated rings. The van der Waals surface area contributed by atoms with Crippen LogP contribution in [0.1, 0.15) is 38.5 Å². The zero-order valence-electron chi connectivity index (χ0n) is 10.7.